The normalized spacial score (nSPS) is 29.8. The predicted octanol–water partition coefficient (Wildman–Crippen LogP) is 0.786. The first-order valence-electron chi connectivity index (χ1n) is 6.57. The summed E-state index contributed by atoms with van der Waals surface area (Å²) in [6.45, 7) is 2.80. The molecule has 10 nitrogen and oxygen atoms in total. The highest BCUT2D eigenvalue weighted by Crippen LogP contribution is 2.29. The zero-order valence-electron chi connectivity index (χ0n) is 12.7. The molecule has 1 saturated heterocycles. The Morgan fingerprint density at radius 3 is 2.26 bits per heavy atom. The summed E-state index contributed by atoms with van der Waals surface area (Å²) in [5.74, 6) is -2.26. The van der Waals surface area contributed by atoms with Gasteiger partial charge < -0.3 is 18.9 Å². The molecule has 0 N–H and O–H groups in total. The first kappa shape index (κ1) is 18.7. The SMILES string of the molecule is CC(=O)OCC1O[C@@H](OC(C)=O)C(N=[N+]=[N-])C(F)[C@H]1OC(C)=O. The van der Waals surface area contributed by atoms with E-state index in [-0.39, 0.29) is 0 Å². The van der Waals surface area contributed by atoms with Gasteiger partial charge in [0.05, 0.1) is 0 Å². The van der Waals surface area contributed by atoms with E-state index in [2.05, 4.69) is 10.0 Å². The van der Waals surface area contributed by atoms with Gasteiger partial charge in [-0.25, -0.2) is 4.39 Å². The Morgan fingerprint density at radius 2 is 1.78 bits per heavy atom. The van der Waals surface area contributed by atoms with Crippen LogP contribution in [0.25, 0.3) is 10.4 Å². The highest BCUT2D eigenvalue weighted by Gasteiger charge is 2.50. The summed E-state index contributed by atoms with van der Waals surface area (Å²) < 4.78 is 34.2. The van der Waals surface area contributed by atoms with Crippen LogP contribution in [0.4, 0.5) is 4.39 Å². The number of esters is 3. The molecule has 1 rings (SSSR count). The Morgan fingerprint density at radius 1 is 1.17 bits per heavy atom. The summed E-state index contributed by atoms with van der Waals surface area (Å²) in [5.41, 5.74) is 8.52. The van der Waals surface area contributed by atoms with Crippen LogP contribution in [0.3, 0.4) is 0 Å². The minimum Gasteiger partial charge on any atom is -0.463 e. The number of carbonyl (C=O) groups is 3. The molecule has 1 aliphatic heterocycles. The number of alkyl halides is 1. The van der Waals surface area contributed by atoms with Crippen molar-refractivity contribution in [1.29, 1.82) is 0 Å². The molecule has 0 bridgehead atoms. The lowest BCUT2D eigenvalue weighted by Gasteiger charge is -2.40. The molecule has 5 atom stereocenters. The monoisotopic (exact) mass is 333 g/mol. The van der Waals surface area contributed by atoms with Crippen LogP contribution < -0.4 is 0 Å². The standard InChI is InChI=1S/C12H16FN3O7/c1-5(17)20-4-8-11(21-6(2)18)9(13)10(15-16-14)12(23-8)22-7(3)19/h8-12H,4H2,1-3H3/t8?,9?,10?,11-,12+/m0/s1. The van der Waals surface area contributed by atoms with E-state index in [9.17, 15) is 18.8 Å². The van der Waals surface area contributed by atoms with E-state index in [0.717, 1.165) is 20.8 Å². The highest BCUT2D eigenvalue weighted by molar-refractivity contribution is 5.67. The molecule has 1 aliphatic rings. The Labute approximate surface area is 130 Å². The van der Waals surface area contributed by atoms with Crippen molar-refractivity contribution < 1.29 is 37.7 Å². The summed E-state index contributed by atoms with van der Waals surface area (Å²) >= 11 is 0. The number of ether oxygens (including phenoxy) is 4. The first-order valence-corrected chi connectivity index (χ1v) is 6.57. The van der Waals surface area contributed by atoms with Gasteiger partial charge in [0.1, 0.15) is 18.8 Å². The zero-order chi connectivity index (χ0) is 17.6. The summed E-state index contributed by atoms with van der Waals surface area (Å²) in [6, 6.07) is -1.55. The topological polar surface area (TPSA) is 137 Å². The summed E-state index contributed by atoms with van der Waals surface area (Å²) in [6.07, 6.45) is -6.28. The van der Waals surface area contributed by atoms with Crippen molar-refractivity contribution in [3.05, 3.63) is 10.4 Å². The largest absolute Gasteiger partial charge is 0.463 e. The highest BCUT2D eigenvalue weighted by atomic mass is 19.1. The lowest BCUT2D eigenvalue weighted by molar-refractivity contribution is -0.255. The third-order valence-corrected chi connectivity index (χ3v) is 2.81. The van der Waals surface area contributed by atoms with Gasteiger partial charge in [-0.1, -0.05) is 5.11 Å². The fourth-order valence-electron chi connectivity index (χ4n) is 1.98. The minimum atomic E-state index is -2.02. The van der Waals surface area contributed by atoms with E-state index in [1.807, 2.05) is 0 Å². The maximum absolute atomic E-state index is 14.6. The molecular weight excluding hydrogens is 317 g/mol. The molecule has 0 spiro atoms. The second kappa shape index (κ2) is 8.30. The molecule has 0 amide bonds. The number of azide groups is 1. The maximum atomic E-state index is 14.6. The molecule has 0 aromatic rings. The first-order chi connectivity index (χ1) is 10.8. The van der Waals surface area contributed by atoms with Gasteiger partial charge in [-0.15, -0.1) is 0 Å². The van der Waals surface area contributed by atoms with Gasteiger partial charge in [0.15, 0.2) is 12.3 Å². The van der Waals surface area contributed by atoms with Gasteiger partial charge in [-0.2, -0.15) is 0 Å². The van der Waals surface area contributed by atoms with E-state index in [0.29, 0.717) is 0 Å². The van der Waals surface area contributed by atoms with E-state index in [1.54, 1.807) is 0 Å². The summed E-state index contributed by atoms with van der Waals surface area (Å²) in [4.78, 5) is 35.6. The smallest absolute Gasteiger partial charge is 0.304 e. The van der Waals surface area contributed by atoms with Crippen molar-refractivity contribution in [2.45, 2.75) is 51.5 Å². The second-order valence-corrected chi connectivity index (χ2v) is 4.67. The van der Waals surface area contributed by atoms with Crippen LogP contribution in [0, 0.1) is 0 Å². The van der Waals surface area contributed by atoms with Crippen molar-refractivity contribution in [2.75, 3.05) is 6.61 Å². The van der Waals surface area contributed by atoms with Crippen molar-refractivity contribution >= 4 is 17.9 Å². The molecule has 3 unspecified atom stereocenters. The number of nitrogens with zero attached hydrogens (tertiary/aromatic N) is 3. The quantitative estimate of drug-likeness (QED) is 0.238. The van der Waals surface area contributed by atoms with Crippen LogP contribution in [0.5, 0.6) is 0 Å². The fraction of sp³-hybridized carbons (Fsp3) is 0.750. The van der Waals surface area contributed by atoms with Gasteiger partial charge in [-0.3, -0.25) is 14.4 Å². The van der Waals surface area contributed by atoms with Crippen molar-refractivity contribution in [3.63, 3.8) is 0 Å². The van der Waals surface area contributed by atoms with Crippen LogP contribution in [0.15, 0.2) is 5.11 Å². The Hall–Kier alpha value is -2.39. The zero-order valence-corrected chi connectivity index (χ0v) is 12.7. The number of halogens is 1. The number of carbonyl (C=O) groups excluding carboxylic acids is 3. The molecule has 23 heavy (non-hydrogen) atoms. The Kier molecular flexibility index (Phi) is 6.73. The Bertz CT molecular complexity index is 523. The Balaban J connectivity index is 3.04. The van der Waals surface area contributed by atoms with E-state index in [4.69, 9.17) is 24.5 Å². The summed E-state index contributed by atoms with van der Waals surface area (Å²) in [5, 5.41) is 3.19. The van der Waals surface area contributed by atoms with Gasteiger partial charge in [0.25, 0.3) is 0 Å². The predicted molar refractivity (Wildman–Crippen MR) is 70.4 cm³/mol. The molecule has 0 saturated carbocycles. The maximum Gasteiger partial charge on any atom is 0.304 e. The second-order valence-electron chi connectivity index (χ2n) is 4.67. The molecule has 1 fully saturated rings. The van der Waals surface area contributed by atoms with Crippen LogP contribution in [-0.4, -0.2) is 55.2 Å². The van der Waals surface area contributed by atoms with Gasteiger partial charge in [0, 0.05) is 25.7 Å². The van der Waals surface area contributed by atoms with Gasteiger partial charge in [-0.05, 0) is 5.53 Å². The lowest BCUT2D eigenvalue weighted by atomic mass is 9.98. The minimum absolute atomic E-state index is 0.436. The molecule has 128 valence electrons. The van der Waals surface area contributed by atoms with Crippen molar-refractivity contribution in [2.24, 2.45) is 5.11 Å². The molecular formula is C12H16FN3O7. The molecule has 11 heteroatoms. The van der Waals surface area contributed by atoms with Crippen LogP contribution >= 0.6 is 0 Å². The van der Waals surface area contributed by atoms with E-state index >= 15 is 0 Å². The number of hydrogen-bond acceptors (Lipinski definition) is 8. The molecule has 0 aromatic carbocycles. The van der Waals surface area contributed by atoms with Gasteiger partial charge >= 0.3 is 17.9 Å². The molecule has 0 aromatic heterocycles. The molecule has 0 aliphatic carbocycles. The van der Waals surface area contributed by atoms with E-state index in [1.165, 1.54) is 0 Å². The van der Waals surface area contributed by atoms with Crippen LogP contribution in [0.1, 0.15) is 20.8 Å². The van der Waals surface area contributed by atoms with Crippen LogP contribution in [0.2, 0.25) is 0 Å². The number of rotatable bonds is 5. The average molecular weight is 333 g/mol. The molecule has 1 heterocycles. The third kappa shape index (κ3) is 5.38. The fourth-order valence-corrected chi connectivity index (χ4v) is 1.98. The number of hydrogen-bond donors (Lipinski definition) is 0. The third-order valence-electron chi connectivity index (χ3n) is 2.81. The average Bonchev–Trinajstić information content (AvgIpc) is 2.43. The lowest BCUT2D eigenvalue weighted by Crippen LogP contribution is -2.58. The molecule has 0 radical (unpaired) electrons. The van der Waals surface area contributed by atoms with Gasteiger partial charge in [0.2, 0.25) is 6.29 Å². The van der Waals surface area contributed by atoms with Crippen LogP contribution in [-0.2, 0) is 33.3 Å². The van der Waals surface area contributed by atoms with E-state index < -0.39 is 55.2 Å². The summed E-state index contributed by atoms with van der Waals surface area (Å²) in [7, 11) is 0. The van der Waals surface area contributed by atoms with Crippen molar-refractivity contribution in [3.8, 4) is 0 Å². The van der Waals surface area contributed by atoms with Crippen molar-refractivity contribution in [1.82, 2.24) is 0 Å².